The molecule has 0 bridgehead atoms. The molecule has 7 heteroatoms. The lowest BCUT2D eigenvalue weighted by molar-refractivity contribution is 0.315. The molecule has 2 aromatic rings. The van der Waals surface area contributed by atoms with Gasteiger partial charge in [0.1, 0.15) is 15.8 Å². The van der Waals surface area contributed by atoms with Crippen molar-refractivity contribution in [2.45, 2.75) is 13.0 Å². The zero-order valence-electron chi connectivity index (χ0n) is 11.0. The van der Waals surface area contributed by atoms with Crippen molar-refractivity contribution in [3.8, 4) is 0 Å². The minimum Gasteiger partial charge on any atom is -0.370 e. The second kappa shape index (κ2) is 6.47. The average Bonchev–Trinajstić information content (AvgIpc) is 3.08. The van der Waals surface area contributed by atoms with Crippen LogP contribution in [0.15, 0.2) is 24.4 Å². The van der Waals surface area contributed by atoms with E-state index in [1.54, 1.807) is 6.20 Å². The molecule has 0 radical (unpaired) electrons. The van der Waals surface area contributed by atoms with Crippen molar-refractivity contribution >= 4 is 29.0 Å². The molecule has 1 fully saturated rings. The van der Waals surface area contributed by atoms with Gasteiger partial charge in [0.05, 0.1) is 0 Å². The highest BCUT2D eigenvalue weighted by atomic mass is 35.5. The van der Waals surface area contributed by atoms with Crippen LogP contribution in [0, 0.1) is 5.92 Å². The molecule has 0 amide bonds. The summed E-state index contributed by atoms with van der Waals surface area (Å²) in [4.78, 5) is 6.65. The van der Waals surface area contributed by atoms with E-state index in [9.17, 15) is 0 Å². The van der Waals surface area contributed by atoms with E-state index in [0.29, 0.717) is 10.3 Å². The lowest BCUT2D eigenvalue weighted by Gasteiger charge is -2.15. The fourth-order valence-electron chi connectivity index (χ4n) is 2.44. The van der Waals surface area contributed by atoms with Gasteiger partial charge in [0.15, 0.2) is 0 Å². The van der Waals surface area contributed by atoms with E-state index in [-0.39, 0.29) is 0 Å². The van der Waals surface area contributed by atoms with Gasteiger partial charge in [-0.2, -0.15) is 0 Å². The molecule has 5 nitrogen and oxygen atoms in total. The van der Waals surface area contributed by atoms with Crippen LogP contribution in [-0.2, 0) is 6.54 Å². The molecule has 0 unspecified atom stereocenters. The van der Waals surface area contributed by atoms with Crippen molar-refractivity contribution in [1.29, 1.82) is 0 Å². The van der Waals surface area contributed by atoms with Crippen LogP contribution in [0.3, 0.4) is 0 Å². The van der Waals surface area contributed by atoms with E-state index in [4.69, 9.17) is 11.6 Å². The lowest BCUT2D eigenvalue weighted by Crippen LogP contribution is -2.23. The van der Waals surface area contributed by atoms with Gasteiger partial charge in [-0.25, -0.2) is 4.98 Å². The zero-order valence-corrected chi connectivity index (χ0v) is 12.6. The molecule has 20 heavy (non-hydrogen) atoms. The number of halogens is 1. The number of nitrogens with one attached hydrogen (secondary N) is 1. The van der Waals surface area contributed by atoms with Gasteiger partial charge in [-0.15, -0.1) is 5.10 Å². The molecule has 106 valence electrons. The monoisotopic (exact) mass is 309 g/mol. The minimum atomic E-state index is 0.641. The molecule has 1 aliphatic rings. The summed E-state index contributed by atoms with van der Waals surface area (Å²) in [6.45, 7) is 3.90. The fourth-order valence-corrected chi connectivity index (χ4v) is 3.05. The molecule has 1 saturated heterocycles. The van der Waals surface area contributed by atoms with Crippen molar-refractivity contribution < 1.29 is 0 Å². The summed E-state index contributed by atoms with van der Waals surface area (Å²) in [5.74, 6) is 1.58. The van der Waals surface area contributed by atoms with Gasteiger partial charge in [0.25, 0.3) is 0 Å². The molecule has 0 saturated carbocycles. The first-order valence-corrected chi connectivity index (χ1v) is 7.80. The van der Waals surface area contributed by atoms with E-state index in [1.807, 2.05) is 18.2 Å². The number of hydrogen-bond acceptors (Lipinski definition) is 6. The molecule has 1 atom stereocenters. The van der Waals surface area contributed by atoms with E-state index in [0.717, 1.165) is 37.7 Å². The first kappa shape index (κ1) is 13.7. The Hall–Kier alpha value is -1.24. The van der Waals surface area contributed by atoms with Crippen LogP contribution in [0.2, 0.25) is 4.34 Å². The van der Waals surface area contributed by atoms with Crippen molar-refractivity contribution in [1.82, 2.24) is 19.5 Å². The molecule has 1 aliphatic heterocycles. The van der Waals surface area contributed by atoms with Crippen LogP contribution in [0.4, 0.5) is 5.82 Å². The molecule has 0 aliphatic carbocycles. The quantitative estimate of drug-likeness (QED) is 0.920. The van der Waals surface area contributed by atoms with Gasteiger partial charge < -0.3 is 5.32 Å². The summed E-state index contributed by atoms with van der Waals surface area (Å²) >= 11 is 7.30. The number of anilines is 1. The topological polar surface area (TPSA) is 53.9 Å². The minimum absolute atomic E-state index is 0.641. The Kier molecular flexibility index (Phi) is 4.44. The molecule has 2 aromatic heterocycles. The number of rotatable bonds is 5. The SMILES string of the molecule is Clc1snnc1CN1CC[C@@H](CNc2ccccn2)C1. The Labute approximate surface area is 127 Å². The third-order valence-corrected chi connectivity index (χ3v) is 4.47. The maximum atomic E-state index is 6.04. The van der Waals surface area contributed by atoms with Crippen molar-refractivity contribution in [2.75, 3.05) is 25.0 Å². The predicted molar refractivity (Wildman–Crippen MR) is 81.0 cm³/mol. The highest BCUT2D eigenvalue weighted by Gasteiger charge is 2.23. The Morgan fingerprint density at radius 2 is 2.40 bits per heavy atom. The smallest absolute Gasteiger partial charge is 0.138 e. The summed E-state index contributed by atoms with van der Waals surface area (Å²) in [5.41, 5.74) is 0.898. The van der Waals surface area contributed by atoms with E-state index in [2.05, 4.69) is 24.8 Å². The highest BCUT2D eigenvalue weighted by Crippen LogP contribution is 2.23. The summed E-state index contributed by atoms with van der Waals surface area (Å²) in [6, 6.07) is 5.91. The number of likely N-dealkylation sites (tertiary alicyclic amines) is 1. The second-order valence-corrected chi connectivity index (χ2v) is 6.34. The normalized spacial score (nSPS) is 19.4. The first-order chi connectivity index (χ1) is 9.81. The van der Waals surface area contributed by atoms with Crippen molar-refractivity contribution in [3.63, 3.8) is 0 Å². The molecule has 0 aromatic carbocycles. The maximum Gasteiger partial charge on any atom is 0.138 e. The van der Waals surface area contributed by atoms with Gasteiger partial charge >= 0.3 is 0 Å². The fraction of sp³-hybridized carbons (Fsp3) is 0.462. The predicted octanol–water partition coefficient (Wildman–Crippen LogP) is 2.52. The van der Waals surface area contributed by atoms with Crippen LogP contribution >= 0.6 is 23.1 Å². The molecule has 1 N–H and O–H groups in total. The van der Waals surface area contributed by atoms with E-state index < -0.39 is 0 Å². The Bertz CT molecular complexity index is 547. The molecule has 3 rings (SSSR count). The largest absolute Gasteiger partial charge is 0.370 e. The van der Waals surface area contributed by atoms with Crippen LogP contribution in [0.25, 0.3) is 0 Å². The Balaban J connectivity index is 1.46. The summed E-state index contributed by atoms with van der Waals surface area (Å²) in [5, 5.41) is 7.45. The zero-order chi connectivity index (χ0) is 13.8. The van der Waals surface area contributed by atoms with Gasteiger partial charge in [0.2, 0.25) is 0 Å². The number of aromatic nitrogens is 3. The summed E-state index contributed by atoms with van der Waals surface area (Å²) < 4.78 is 4.58. The van der Waals surface area contributed by atoms with Gasteiger partial charge in [-0.05, 0) is 31.0 Å². The molecule has 3 heterocycles. The lowest BCUT2D eigenvalue weighted by atomic mass is 10.1. The van der Waals surface area contributed by atoms with E-state index >= 15 is 0 Å². The first-order valence-electron chi connectivity index (χ1n) is 6.65. The standard InChI is InChI=1S/C13H16ClN5S/c14-13-11(17-18-20-13)9-19-6-4-10(8-19)7-16-12-3-1-2-5-15-12/h1-3,5,10H,4,6-9H2,(H,15,16)/t10-/m0/s1. The third kappa shape index (κ3) is 3.45. The van der Waals surface area contributed by atoms with Crippen molar-refractivity contribution in [3.05, 3.63) is 34.4 Å². The van der Waals surface area contributed by atoms with Crippen LogP contribution < -0.4 is 5.32 Å². The summed E-state index contributed by atoms with van der Waals surface area (Å²) in [7, 11) is 0. The maximum absolute atomic E-state index is 6.04. The van der Waals surface area contributed by atoms with Crippen LogP contribution in [0.1, 0.15) is 12.1 Å². The highest BCUT2D eigenvalue weighted by molar-refractivity contribution is 7.10. The Morgan fingerprint density at radius 1 is 1.45 bits per heavy atom. The molecular weight excluding hydrogens is 294 g/mol. The molecule has 0 spiro atoms. The number of pyridine rings is 1. The number of hydrogen-bond donors (Lipinski definition) is 1. The van der Waals surface area contributed by atoms with E-state index in [1.165, 1.54) is 18.0 Å². The van der Waals surface area contributed by atoms with Crippen LogP contribution in [-0.4, -0.2) is 39.1 Å². The Morgan fingerprint density at radius 3 is 3.15 bits per heavy atom. The third-order valence-electron chi connectivity index (χ3n) is 3.49. The second-order valence-electron chi connectivity index (χ2n) is 4.98. The molecular formula is C13H16ClN5S. The van der Waals surface area contributed by atoms with Gasteiger partial charge in [0, 0.05) is 37.4 Å². The van der Waals surface area contributed by atoms with Crippen molar-refractivity contribution in [2.24, 2.45) is 5.92 Å². The summed E-state index contributed by atoms with van der Waals surface area (Å²) in [6.07, 6.45) is 3.00. The van der Waals surface area contributed by atoms with Gasteiger partial charge in [-0.1, -0.05) is 22.2 Å². The van der Waals surface area contributed by atoms with Gasteiger partial charge in [-0.3, -0.25) is 4.90 Å². The average molecular weight is 310 g/mol. The number of nitrogens with zero attached hydrogens (tertiary/aromatic N) is 4. The van der Waals surface area contributed by atoms with Crippen LogP contribution in [0.5, 0.6) is 0 Å².